The van der Waals surface area contributed by atoms with E-state index >= 15 is 0 Å². The summed E-state index contributed by atoms with van der Waals surface area (Å²) in [5.74, 6) is 5.17. The average Bonchev–Trinajstić information content (AvgIpc) is 2.46. The normalized spacial score (nSPS) is 9.71. The summed E-state index contributed by atoms with van der Waals surface area (Å²) in [5, 5.41) is 19.8. The van der Waals surface area contributed by atoms with Crippen molar-refractivity contribution in [2.24, 2.45) is 5.84 Å². The molecule has 0 aliphatic rings. The first-order valence-corrected chi connectivity index (χ1v) is 5.51. The van der Waals surface area contributed by atoms with Crippen molar-refractivity contribution in [2.45, 2.75) is 0 Å². The molecule has 0 bridgehead atoms. The summed E-state index contributed by atoms with van der Waals surface area (Å²) in [5.41, 5.74) is 7.49. The van der Waals surface area contributed by atoms with Crippen LogP contribution in [-0.4, -0.2) is 14.9 Å². The fourth-order valence-corrected chi connectivity index (χ4v) is 1.50. The van der Waals surface area contributed by atoms with Crippen molar-refractivity contribution in [3.8, 4) is 17.7 Å². The van der Waals surface area contributed by atoms with Crippen LogP contribution in [-0.2, 0) is 0 Å². The van der Waals surface area contributed by atoms with E-state index < -0.39 is 4.92 Å². The van der Waals surface area contributed by atoms with E-state index in [1.807, 2.05) is 6.07 Å². The van der Waals surface area contributed by atoms with Crippen molar-refractivity contribution in [3.05, 3.63) is 39.9 Å². The molecule has 10 heteroatoms. The van der Waals surface area contributed by atoms with Crippen LogP contribution in [0.1, 0.15) is 5.56 Å². The van der Waals surface area contributed by atoms with Gasteiger partial charge in [0.05, 0.1) is 16.6 Å². The molecule has 10 nitrogen and oxygen atoms in total. The van der Waals surface area contributed by atoms with Gasteiger partial charge < -0.3 is 15.9 Å². The van der Waals surface area contributed by atoms with Crippen molar-refractivity contribution in [1.82, 2.24) is 9.97 Å². The van der Waals surface area contributed by atoms with Crippen LogP contribution in [0.15, 0.2) is 24.3 Å². The van der Waals surface area contributed by atoms with Gasteiger partial charge in [0.1, 0.15) is 5.82 Å². The molecule has 0 aliphatic heterocycles. The molecule has 0 saturated heterocycles. The summed E-state index contributed by atoms with van der Waals surface area (Å²) in [6.45, 7) is 0. The number of nitriles is 1. The summed E-state index contributed by atoms with van der Waals surface area (Å²) in [4.78, 5) is 17.9. The van der Waals surface area contributed by atoms with Crippen LogP contribution in [0.3, 0.4) is 0 Å². The Kier molecular flexibility index (Phi) is 3.78. The van der Waals surface area contributed by atoms with Crippen LogP contribution < -0.4 is 21.7 Å². The van der Waals surface area contributed by atoms with Gasteiger partial charge in [0, 0.05) is 12.1 Å². The maximum Gasteiger partial charge on any atom is 0.312 e. The van der Waals surface area contributed by atoms with E-state index in [0.717, 1.165) is 6.07 Å². The van der Waals surface area contributed by atoms with Gasteiger partial charge in [-0.2, -0.15) is 15.2 Å². The Hall–Kier alpha value is -3.45. The van der Waals surface area contributed by atoms with Crippen molar-refractivity contribution >= 4 is 17.5 Å². The Balaban J connectivity index is 2.42. The molecule has 0 atom stereocenters. The molecule has 0 amide bonds. The van der Waals surface area contributed by atoms with Crippen LogP contribution >= 0.6 is 0 Å². The van der Waals surface area contributed by atoms with Gasteiger partial charge in [-0.3, -0.25) is 10.1 Å². The second kappa shape index (κ2) is 5.68. The monoisotopic (exact) mass is 287 g/mol. The molecule has 0 unspecified atom stereocenters. The van der Waals surface area contributed by atoms with Crippen molar-refractivity contribution in [2.75, 3.05) is 11.2 Å². The second-order valence-corrected chi connectivity index (χ2v) is 3.75. The number of hydrazine groups is 1. The highest BCUT2D eigenvalue weighted by Crippen LogP contribution is 2.32. The SMILES string of the molecule is N#Cc1ccc(Oc2cc(NN)nc(N)n2)c([N+](=O)[O-])c1. The molecule has 5 N–H and O–H groups in total. The highest BCUT2D eigenvalue weighted by atomic mass is 16.6. The molecule has 106 valence electrons. The molecule has 1 aromatic heterocycles. The van der Waals surface area contributed by atoms with Gasteiger partial charge in [-0.25, -0.2) is 5.84 Å². The zero-order valence-corrected chi connectivity index (χ0v) is 10.5. The number of nitrogen functional groups attached to an aromatic ring is 2. The topological polar surface area (TPSA) is 166 Å². The van der Waals surface area contributed by atoms with Gasteiger partial charge in [0.25, 0.3) is 0 Å². The molecule has 0 aliphatic carbocycles. The Morgan fingerprint density at radius 3 is 2.76 bits per heavy atom. The molecule has 0 fully saturated rings. The maximum absolute atomic E-state index is 11.0. The predicted molar refractivity (Wildman–Crippen MR) is 72.1 cm³/mol. The van der Waals surface area contributed by atoms with Gasteiger partial charge in [0.2, 0.25) is 17.6 Å². The van der Waals surface area contributed by atoms with Crippen molar-refractivity contribution < 1.29 is 9.66 Å². The number of nitro benzene ring substituents is 1. The zero-order chi connectivity index (χ0) is 15.4. The van der Waals surface area contributed by atoms with Crippen LogP contribution in [0.4, 0.5) is 17.5 Å². The number of nitrogens with zero attached hydrogens (tertiary/aromatic N) is 4. The van der Waals surface area contributed by atoms with Gasteiger partial charge in [0.15, 0.2) is 0 Å². The summed E-state index contributed by atoms with van der Waals surface area (Å²) in [6, 6.07) is 6.91. The first-order chi connectivity index (χ1) is 10.0. The number of hydrogen-bond donors (Lipinski definition) is 3. The zero-order valence-electron chi connectivity index (χ0n) is 10.5. The Morgan fingerprint density at radius 2 is 2.14 bits per heavy atom. The molecule has 1 aromatic carbocycles. The fourth-order valence-electron chi connectivity index (χ4n) is 1.50. The van der Waals surface area contributed by atoms with Crippen LogP contribution in [0, 0.1) is 21.4 Å². The highest BCUT2D eigenvalue weighted by molar-refractivity contribution is 5.53. The number of benzene rings is 1. The van der Waals surface area contributed by atoms with E-state index in [4.69, 9.17) is 21.6 Å². The van der Waals surface area contributed by atoms with E-state index in [1.54, 1.807) is 0 Å². The molecule has 1 heterocycles. The van der Waals surface area contributed by atoms with Gasteiger partial charge in [-0.05, 0) is 12.1 Å². The van der Waals surface area contributed by atoms with Crippen LogP contribution in [0.2, 0.25) is 0 Å². The third kappa shape index (κ3) is 3.11. The van der Waals surface area contributed by atoms with Crippen LogP contribution in [0.5, 0.6) is 11.6 Å². The first-order valence-electron chi connectivity index (χ1n) is 5.51. The number of aromatic nitrogens is 2. The lowest BCUT2D eigenvalue weighted by molar-refractivity contribution is -0.385. The first kappa shape index (κ1) is 14.0. The maximum atomic E-state index is 11.0. The summed E-state index contributed by atoms with van der Waals surface area (Å²) < 4.78 is 5.32. The summed E-state index contributed by atoms with van der Waals surface area (Å²) in [7, 11) is 0. The third-order valence-corrected chi connectivity index (χ3v) is 2.37. The molecule has 0 radical (unpaired) electrons. The molecule has 0 spiro atoms. The predicted octanol–water partition coefficient (Wildman–Crippen LogP) is 0.917. The van der Waals surface area contributed by atoms with Gasteiger partial charge in [-0.1, -0.05) is 0 Å². The van der Waals surface area contributed by atoms with E-state index in [-0.39, 0.29) is 34.6 Å². The number of nitro groups is 1. The lowest BCUT2D eigenvalue weighted by Gasteiger charge is -2.07. The molecule has 2 aromatic rings. The lowest BCUT2D eigenvalue weighted by atomic mass is 10.2. The molecule has 21 heavy (non-hydrogen) atoms. The Labute approximate surface area is 118 Å². The third-order valence-electron chi connectivity index (χ3n) is 2.37. The van der Waals surface area contributed by atoms with Crippen molar-refractivity contribution in [1.29, 1.82) is 5.26 Å². The number of anilines is 2. The Bertz CT molecular complexity index is 741. The van der Waals surface area contributed by atoms with E-state index in [2.05, 4.69) is 15.4 Å². The number of nitrogens with two attached hydrogens (primary N) is 2. The number of hydrogen-bond acceptors (Lipinski definition) is 9. The smallest absolute Gasteiger partial charge is 0.312 e. The Morgan fingerprint density at radius 1 is 1.38 bits per heavy atom. The van der Waals surface area contributed by atoms with Crippen molar-refractivity contribution in [3.63, 3.8) is 0 Å². The van der Waals surface area contributed by atoms with E-state index in [0.29, 0.717) is 0 Å². The van der Waals surface area contributed by atoms with E-state index in [9.17, 15) is 10.1 Å². The average molecular weight is 287 g/mol. The number of nitrogens with one attached hydrogen (secondary N) is 1. The van der Waals surface area contributed by atoms with E-state index in [1.165, 1.54) is 18.2 Å². The molecule has 2 rings (SSSR count). The standard InChI is InChI=1S/C11H9N7O3/c12-5-6-1-2-8(7(3-6)18(19)20)21-10-4-9(17-14)15-11(13)16-10/h1-4H,14H2,(H3,13,15,16,17). The second-order valence-electron chi connectivity index (χ2n) is 3.75. The summed E-state index contributed by atoms with van der Waals surface area (Å²) >= 11 is 0. The number of rotatable bonds is 4. The molecule has 0 saturated carbocycles. The summed E-state index contributed by atoms with van der Waals surface area (Å²) in [6.07, 6.45) is 0. The lowest BCUT2D eigenvalue weighted by Crippen LogP contribution is -2.10. The number of ether oxygens (including phenoxy) is 1. The minimum Gasteiger partial charge on any atom is -0.432 e. The largest absolute Gasteiger partial charge is 0.432 e. The van der Waals surface area contributed by atoms with Crippen LogP contribution in [0.25, 0.3) is 0 Å². The highest BCUT2D eigenvalue weighted by Gasteiger charge is 2.18. The minimum absolute atomic E-state index is 0.0248. The molecular formula is C11H9N7O3. The quantitative estimate of drug-likeness (QED) is 0.420. The minimum atomic E-state index is -0.664. The van der Waals surface area contributed by atoms with Gasteiger partial charge in [-0.15, -0.1) is 0 Å². The van der Waals surface area contributed by atoms with Gasteiger partial charge >= 0.3 is 5.69 Å². The molecular weight excluding hydrogens is 278 g/mol. The fraction of sp³-hybridized carbons (Fsp3) is 0.